The molecule has 0 atom stereocenters. The van der Waals surface area contributed by atoms with Gasteiger partial charge in [-0.2, -0.15) is 5.10 Å². The Morgan fingerprint density at radius 3 is 2.55 bits per heavy atom. The van der Waals surface area contributed by atoms with Gasteiger partial charge < -0.3 is 5.73 Å². The van der Waals surface area contributed by atoms with Crippen molar-refractivity contribution < 1.29 is 0 Å². The van der Waals surface area contributed by atoms with Gasteiger partial charge in [0.05, 0.1) is 5.69 Å². The summed E-state index contributed by atoms with van der Waals surface area (Å²) in [7, 11) is 0. The van der Waals surface area contributed by atoms with Gasteiger partial charge in [0.15, 0.2) is 0 Å². The van der Waals surface area contributed by atoms with Crippen molar-refractivity contribution >= 4 is 5.82 Å². The fraction of sp³-hybridized carbons (Fsp3) is 0.471. The van der Waals surface area contributed by atoms with Crippen LogP contribution >= 0.6 is 0 Å². The quantitative estimate of drug-likeness (QED) is 0.914. The number of aromatic nitrogens is 2. The Morgan fingerprint density at radius 1 is 1.15 bits per heavy atom. The lowest BCUT2D eigenvalue weighted by Crippen LogP contribution is -2.16. The van der Waals surface area contributed by atoms with Gasteiger partial charge in [0, 0.05) is 18.2 Å². The summed E-state index contributed by atoms with van der Waals surface area (Å²) in [5.74, 6) is 1.53. The number of nitrogens with zero attached hydrogens (tertiary/aromatic N) is 2. The van der Waals surface area contributed by atoms with Crippen LogP contribution in [0.15, 0.2) is 30.3 Å². The van der Waals surface area contributed by atoms with E-state index in [1.54, 1.807) is 0 Å². The smallest absolute Gasteiger partial charge is 0.122 e. The van der Waals surface area contributed by atoms with E-state index in [0.29, 0.717) is 0 Å². The Kier molecular flexibility index (Phi) is 3.77. The van der Waals surface area contributed by atoms with E-state index in [1.807, 2.05) is 10.7 Å². The number of aryl methyl sites for hydroxylation is 1. The Balaban J connectivity index is 1.78. The van der Waals surface area contributed by atoms with Gasteiger partial charge in [0.25, 0.3) is 0 Å². The molecule has 2 N–H and O–H groups in total. The second-order valence-electron chi connectivity index (χ2n) is 6.01. The van der Waals surface area contributed by atoms with Gasteiger partial charge >= 0.3 is 0 Å². The summed E-state index contributed by atoms with van der Waals surface area (Å²) < 4.78 is 1.99. The van der Waals surface area contributed by atoms with Crippen LogP contribution in [-0.4, -0.2) is 9.78 Å². The molecular weight excluding hydrogens is 246 g/mol. The lowest BCUT2D eigenvalue weighted by atomic mass is 9.89. The predicted molar refractivity (Wildman–Crippen MR) is 83.4 cm³/mol. The van der Waals surface area contributed by atoms with Gasteiger partial charge in [0.2, 0.25) is 0 Å². The Hall–Kier alpha value is -1.77. The molecule has 1 aliphatic carbocycles. The molecule has 0 radical (unpaired) electrons. The van der Waals surface area contributed by atoms with Crippen molar-refractivity contribution in [2.24, 2.45) is 5.92 Å². The van der Waals surface area contributed by atoms with Crippen molar-refractivity contribution in [2.45, 2.75) is 45.6 Å². The van der Waals surface area contributed by atoms with E-state index in [1.165, 1.54) is 37.7 Å². The van der Waals surface area contributed by atoms with Crippen molar-refractivity contribution in [1.29, 1.82) is 0 Å². The summed E-state index contributed by atoms with van der Waals surface area (Å²) in [6, 6.07) is 10.5. The van der Waals surface area contributed by atoms with Gasteiger partial charge in [-0.25, -0.2) is 4.68 Å². The van der Waals surface area contributed by atoms with Crippen LogP contribution in [-0.2, 0) is 6.54 Å². The summed E-state index contributed by atoms with van der Waals surface area (Å²) in [5.41, 5.74) is 9.52. The highest BCUT2D eigenvalue weighted by Gasteiger charge is 2.16. The third-order valence-electron chi connectivity index (χ3n) is 4.31. The highest BCUT2D eigenvalue weighted by Crippen LogP contribution is 2.27. The van der Waals surface area contributed by atoms with E-state index in [4.69, 9.17) is 10.8 Å². The molecule has 1 aromatic heterocycles. The molecule has 106 valence electrons. The maximum Gasteiger partial charge on any atom is 0.122 e. The summed E-state index contributed by atoms with van der Waals surface area (Å²) in [6.07, 6.45) is 6.74. The van der Waals surface area contributed by atoms with Crippen LogP contribution in [0.2, 0.25) is 0 Å². The van der Waals surface area contributed by atoms with E-state index < -0.39 is 0 Å². The van der Waals surface area contributed by atoms with E-state index >= 15 is 0 Å². The number of anilines is 1. The van der Waals surface area contributed by atoms with Gasteiger partial charge in [0.1, 0.15) is 5.82 Å². The van der Waals surface area contributed by atoms with Crippen molar-refractivity contribution in [3.05, 3.63) is 35.9 Å². The minimum atomic E-state index is 0.747. The van der Waals surface area contributed by atoms with Gasteiger partial charge in [-0.05, 0) is 25.7 Å². The minimum Gasteiger partial charge on any atom is -0.384 e. The normalized spacial score (nSPS) is 16.4. The monoisotopic (exact) mass is 269 g/mol. The molecule has 1 aliphatic rings. The zero-order valence-electron chi connectivity index (χ0n) is 12.2. The molecular formula is C17H23N3. The molecule has 3 heteroatoms. The molecule has 3 rings (SSSR count). The molecule has 0 saturated heterocycles. The molecule has 20 heavy (non-hydrogen) atoms. The number of benzene rings is 1. The first kappa shape index (κ1) is 13.2. The molecule has 2 aromatic rings. The number of hydrogen-bond acceptors (Lipinski definition) is 2. The average Bonchev–Trinajstić information content (AvgIpc) is 2.82. The molecule has 0 bridgehead atoms. The molecule has 3 nitrogen and oxygen atoms in total. The molecule has 0 amide bonds. The van der Waals surface area contributed by atoms with Gasteiger partial charge in [-0.15, -0.1) is 0 Å². The van der Waals surface area contributed by atoms with Crippen LogP contribution in [0.5, 0.6) is 0 Å². The van der Waals surface area contributed by atoms with E-state index in [2.05, 4.69) is 31.2 Å². The number of nitrogens with two attached hydrogens (primary N) is 1. The lowest BCUT2D eigenvalue weighted by Gasteiger charge is -2.21. The predicted octanol–water partition coefficient (Wildman–Crippen LogP) is 4.02. The van der Waals surface area contributed by atoms with Crippen LogP contribution in [0.4, 0.5) is 5.82 Å². The SMILES string of the molecule is Cc1ccc(-c2cc(N)n(CC3CCCCC3)n2)cc1. The van der Waals surface area contributed by atoms with Crippen molar-refractivity contribution in [1.82, 2.24) is 9.78 Å². The standard InChI is InChI=1S/C17H23N3/c1-13-7-9-15(10-8-13)16-11-17(18)20(19-16)12-14-5-3-2-4-6-14/h7-11,14H,2-6,12,18H2,1H3. The second-order valence-corrected chi connectivity index (χ2v) is 6.01. The molecule has 0 aliphatic heterocycles. The molecule has 1 aromatic carbocycles. The number of nitrogen functional groups attached to an aromatic ring is 1. The third-order valence-corrected chi connectivity index (χ3v) is 4.31. The zero-order chi connectivity index (χ0) is 13.9. The van der Waals surface area contributed by atoms with Crippen LogP contribution in [0.1, 0.15) is 37.7 Å². The fourth-order valence-corrected chi connectivity index (χ4v) is 3.06. The summed E-state index contributed by atoms with van der Waals surface area (Å²) in [6.45, 7) is 3.07. The maximum atomic E-state index is 6.13. The third kappa shape index (κ3) is 2.87. The van der Waals surface area contributed by atoms with Gasteiger partial charge in [-0.3, -0.25) is 0 Å². The van der Waals surface area contributed by atoms with Gasteiger partial charge in [-0.1, -0.05) is 49.1 Å². The summed E-state index contributed by atoms with van der Waals surface area (Å²) in [5, 5.41) is 4.70. The van der Waals surface area contributed by atoms with Crippen LogP contribution < -0.4 is 5.73 Å². The second kappa shape index (κ2) is 5.70. The van der Waals surface area contributed by atoms with Crippen LogP contribution in [0.3, 0.4) is 0 Å². The first-order valence-electron chi connectivity index (χ1n) is 7.63. The van der Waals surface area contributed by atoms with Crippen LogP contribution in [0.25, 0.3) is 11.3 Å². The molecule has 1 fully saturated rings. The summed E-state index contributed by atoms with van der Waals surface area (Å²) >= 11 is 0. The summed E-state index contributed by atoms with van der Waals surface area (Å²) in [4.78, 5) is 0. The van der Waals surface area contributed by atoms with Crippen molar-refractivity contribution in [3.63, 3.8) is 0 Å². The van der Waals surface area contributed by atoms with E-state index in [0.717, 1.165) is 29.5 Å². The minimum absolute atomic E-state index is 0.747. The Morgan fingerprint density at radius 2 is 1.85 bits per heavy atom. The lowest BCUT2D eigenvalue weighted by molar-refractivity contribution is 0.310. The van der Waals surface area contributed by atoms with Crippen molar-refractivity contribution in [3.8, 4) is 11.3 Å². The molecule has 0 unspecified atom stereocenters. The topological polar surface area (TPSA) is 43.8 Å². The maximum absolute atomic E-state index is 6.13. The first-order chi connectivity index (χ1) is 9.72. The highest BCUT2D eigenvalue weighted by molar-refractivity contribution is 5.62. The number of hydrogen-bond donors (Lipinski definition) is 1. The molecule has 1 heterocycles. The Bertz CT molecular complexity index is 562. The fourth-order valence-electron chi connectivity index (χ4n) is 3.06. The average molecular weight is 269 g/mol. The highest BCUT2D eigenvalue weighted by atomic mass is 15.3. The van der Waals surface area contributed by atoms with Crippen LogP contribution in [0, 0.1) is 12.8 Å². The molecule has 1 saturated carbocycles. The zero-order valence-corrected chi connectivity index (χ0v) is 12.2. The molecule has 0 spiro atoms. The van der Waals surface area contributed by atoms with E-state index in [-0.39, 0.29) is 0 Å². The largest absolute Gasteiger partial charge is 0.384 e. The Labute approximate surface area is 120 Å². The first-order valence-corrected chi connectivity index (χ1v) is 7.63. The van der Waals surface area contributed by atoms with Crippen molar-refractivity contribution in [2.75, 3.05) is 5.73 Å². The number of rotatable bonds is 3. The van der Waals surface area contributed by atoms with E-state index in [9.17, 15) is 0 Å².